The van der Waals surface area contributed by atoms with E-state index in [0.29, 0.717) is 48.2 Å². The van der Waals surface area contributed by atoms with Gasteiger partial charge in [0.05, 0.1) is 57.0 Å². The average molecular weight is 460 g/mol. The summed E-state index contributed by atoms with van der Waals surface area (Å²) in [5, 5.41) is 12.6. The van der Waals surface area contributed by atoms with Crippen molar-refractivity contribution in [2.24, 2.45) is 0 Å². The van der Waals surface area contributed by atoms with Crippen LogP contribution in [0.2, 0.25) is 0 Å². The Kier molecular flexibility index (Phi) is 6.78. The van der Waals surface area contributed by atoms with E-state index in [1.165, 1.54) is 23.3 Å². The third-order valence-electron chi connectivity index (χ3n) is 5.92. The summed E-state index contributed by atoms with van der Waals surface area (Å²) in [6.45, 7) is 4.21. The molecule has 9 heteroatoms. The monoisotopic (exact) mass is 459 g/mol. The highest BCUT2D eigenvalue weighted by Crippen LogP contribution is 2.41. The normalized spacial score (nSPS) is 19.5. The summed E-state index contributed by atoms with van der Waals surface area (Å²) in [6, 6.07) is 8.06. The molecular weight excluding hydrogens is 432 g/mol. The van der Waals surface area contributed by atoms with Crippen molar-refractivity contribution in [1.29, 1.82) is 0 Å². The molecule has 1 aromatic carbocycles. The molecule has 0 radical (unpaired) electrons. The average Bonchev–Trinajstić information content (AvgIpc) is 3.45. The van der Waals surface area contributed by atoms with E-state index in [9.17, 15) is 14.7 Å². The minimum Gasteiger partial charge on any atom is -0.503 e. The number of morpholine rings is 1. The molecule has 8 nitrogen and oxygen atoms in total. The number of Topliss-reactive ketones (excluding diaryl/α,β-unsaturated/α-hetero) is 1. The fraction of sp³-hybridized carbons (Fsp3) is 0.391. The Bertz CT molecular complexity index is 1010. The first-order valence-corrected chi connectivity index (χ1v) is 11.4. The van der Waals surface area contributed by atoms with Crippen molar-refractivity contribution in [2.45, 2.75) is 6.04 Å². The number of aliphatic hydroxyl groups is 1. The SMILES string of the molecule is COc1ccc([C@@H]2C(C(=O)c3cccs3)=C(O)C(=O)N2CC[NH+]2CCOCC2)cc1OC. The van der Waals surface area contributed by atoms with Gasteiger partial charge in [0.15, 0.2) is 17.3 Å². The third-order valence-corrected chi connectivity index (χ3v) is 6.79. The van der Waals surface area contributed by atoms with Crippen molar-refractivity contribution in [2.75, 3.05) is 53.6 Å². The molecule has 32 heavy (non-hydrogen) atoms. The molecule has 1 aromatic heterocycles. The van der Waals surface area contributed by atoms with E-state index >= 15 is 0 Å². The lowest BCUT2D eigenvalue weighted by molar-refractivity contribution is -0.907. The van der Waals surface area contributed by atoms with Crippen molar-refractivity contribution in [1.82, 2.24) is 4.90 Å². The predicted octanol–water partition coefficient (Wildman–Crippen LogP) is 1.26. The molecule has 170 valence electrons. The summed E-state index contributed by atoms with van der Waals surface area (Å²) < 4.78 is 16.2. The summed E-state index contributed by atoms with van der Waals surface area (Å²) >= 11 is 1.28. The standard InChI is InChI=1S/C23H26N2O6S/c1-29-16-6-5-15(14-17(16)30-2)20-19(21(26)18-4-3-13-32-18)22(27)23(28)25(20)8-7-24-9-11-31-12-10-24/h3-6,13-14,20,27H,7-12H2,1-2H3/p+1/t20-/m1/s1. The Hall–Kier alpha value is -2.88. The predicted molar refractivity (Wildman–Crippen MR) is 119 cm³/mol. The zero-order valence-corrected chi connectivity index (χ0v) is 18.9. The summed E-state index contributed by atoms with van der Waals surface area (Å²) in [5.74, 6) is -0.320. The number of nitrogens with zero attached hydrogens (tertiary/aromatic N) is 1. The van der Waals surface area contributed by atoms with Crippen LogP contribution in [0.25, 0.3) is 0 Å². The number of thiophene rings is 1. The van der Waals surface area contributed by atoms with E-state index in [0.717, 1.165) is 13.1 Å². The largest absolute Gasteiger partial charge is 0.503 e. The topological polar surface area (TPSA) is 89.7 Å². The number of ketones is 1. The van der Waals surface area contributed by atoms with Crippen LogP contribution in [0.15, 0.2) is 47.0 Å². The molecule has 0 aliphatic carbocycles. The lowest BCUT2D eigenvalue weighted by Gasteiger charge is -2.30. The minimum absolute atomic E-state index is 0.0987. The summed E-state index contributed by atoms with van der Waals surface area (Å²) in [5.41, 5.74) is 0.776. The van der Waals surface area contributed by atoms with Crippen LogP contribution in [0.3, 0.4) is 0 Å². The van der Waals surface area contributed by atoms with Gasteiger partial charge in [-0.05, 0) is 29.1 Å². The zero-order chi connectivity index (χ0) is 22.7. The van der Waals surface area contributed by atoms with Crippen molar-refractivity contribution in [3.8, 4) is 11.5 Å². The molecule has 2 aliphatic rings. The fourth-order valence-corrected chi connectivity index (χ4v) is 4.89. The highest BCUT2D eigenvalue weighted by molar-refractivity contribution is 7.12. The number of aliphatic hydroxyl groups excluding tert-OH is 1. The number of hydrogen-bond acceptors (Lipinski definition) is 7. The first-order valence-electron chi connectivity index (χ1n) is 10.5. The molecule has 4 rings (SSSR count). The van der Waals surface area contributed by atoms with Crippen LogP contribution >= 0.6 is 11.3 Å². The second-order valence-electron chi connectivity index (χ2n) is 7.70. The number of quaternary nitrogens is 1. The van der Waals surface area contributed by atoms with Gasteiger partial charge in [0.2, 0.25) is 5.78 Å². The van der Waals surface area contributed by atoms with Gasteiger partial charge >= 0.3 is 0 Å². The van der Waals surface area contributed by atoms with Gasteiger partial charge in [0.1, 0.15) is 13.1 Å². The Morgan fingerprint density at radius 1 is 1.22 bits per heavy atom. The number of amides is 1. The Balaban J connectivity index is 1.71. The maximum atomic E-state index is 13.3. The number of hydrogen-bond donors (Lipinski definition) is 2. The second kappa shape index (κ2) is 9.72. The van der Waals surface area contributed by atoms with Gasteiger partial charge < -0.3 is 29.1 Å². The fourth-order valence-electron chi connectivity index (χ4n) is 4.21. The van der Waals surface area contributed by atoms with Crippen molar-refractivity contribution in [3.05, 3.63) is 57.5 Å². The Morgan fingerprint density at radius 3 is 2.62 bits per heavy atom. The van der Waals surface area contributed by atoms with Crippen LogP contribution in [0.1, 0.15) is 21.3 Å². The molecule has 1 fully saturated rings. The van der Waals surface area contributed by atoms with Crippen molar-refractivity contribution >= 4 is 23.0 Å². The maximum Gasteiger partial charge on any atom is 0.290 e. The van der Waals surface area contributed by atoms with Crippen LogP contribution in [0.4, 0.5) is 0 Å². The smallest absolute Gasteiger partial charge is 0.290 e. The van der Waals surface area contributed by atoms with Crippen LogP contribution < -0.4 is 14.4 Å². The van der Waals surface area contributed by atoms with Crippen LogP contribution in [0.5, 0.6) is 11.5 Å². The molecule has 1 amide bonds. The zero-order valence-electron chi connectivity index (χ0n) is 18.1. The van der Waals surface area contributed by atoms with E-state index in [2.05, 4.69) is 0 Å². The molecule has 2 aliphatic heterocycles. The number of carbonyl (C=O) groups is 2. The van der Waals surface area contributed by atoms with Gasteiger partial charge in [-0.3, -0.25) is 9.59 Å². The first kappa shape index (κ1) is 22.3. The Morgan fingerprint density at radius 2 is 1.97 bits per heavy atom. The molecule has 1 saturated heterocycles. The van der Waals surface area contributed by atoms with E-state index in [1.807, 2.05) is 0 Å². The number of rotatable bonds is 8. The van der Waals surface area contributed by atoms with E-state index in [1.54, 1.807) is 47.7 Å². The highest BCUT2D eigenvalue weighted by Gasteiger charge is 2.44. The highest BCUT2D eigenvalue weighted by atomic mass is 32.1. The molecule has 0 unspecified atom stereocenters. The molecule has 2 N–H and O–H groups in total. The lowest BCUT2D eigenvalue weighted by Crippen LogP contribution is -3.14. The molecule has 0 bridgehead atoms. The minimum atomic E-state index is -0.711. The van der Waals surface area contributed by atoms with Gasteiger partial charge in [0, 0.05) is 0 Å². The van der Waals surface area contributed by atoms with Crippen molar-refractivity contribution < 1.29 is 33.8 Å². The van der Waals surface area contributed by atoms with Crippen LogP contribution in [-0.2, 0) is 9.53 Å². The number of carbonyl (C=O) groups excluding carboxylic acids is 2. The van der Waals surface area contributed by atoms with Gasteiger partial charge in [-0.25, -0.2) is 0 Å². The van der Waals surface area contributed by atoms with Gasteiger partial charge in [-0.1, -0.05) is 12.1 Å². The summed E-state index contributed by atoms with van der Waals surface area (Å²) in [4.78, 5) is 29.8. The molecule has 0 spiro atoms. The van der Waals surface area contributed by atoms with Gasteiger partial charge in [-0.15, -0.1) is 11.3 Å². The number of nitrogens with one attached hydrogen (secondary N) is 1. The molecule has 2 aromatic rings. The van der Waals surface area contributed by atoms with Crippen molar-refractivity contribution in [3.63, 3.8) is 0 Å². The first-order chi connectivity index (χ1) is 15.5. The number of ether oxygens (including phenoxy) is 3. The van der Waals surface area contributed by atoms with Gasteiger partial charge in [-0.2, -0.15) is 0 Å². The van der Waals surface area contributed by atoms with E-state index in [-0.39, 0.29) is 11.4 Å². The summed E-state index contributed by atoms with van der Waals surface area (Å²) in [6.07, 6.45) is 0. The van der Waals surface area contributed by atoms with Crippen LogP contribution in [0, 0.1) is 0 Å². The molecule has 3 heterocycles. The molecule has 1 atom stereocenters. The quantitative estimate of drug-likeness (QED) is 0.578. The van der Waals surface area contributed by atoms with E-state index in [4.69, 9.17) is 14.2 Å². The van der Waals surface area contributed by atoms with E-state index < -0.39 is 17.7 Å². The lowest BCUT2D eigenvalue weighted by atomic mass is 9.95. The third kappa shape index (κ3) is 4.23. The van der Waals surface area contributed by atoms with Gasteiger partial charge in [0.25, 0.3) is 5.91 Å². The molecular formula is C23H27N2O6S+. The van der Waals surface area contributed by atoms with Crippen LogP contribution in [-0.4, -0.2) is 75.3 Å². The second-order valence-corrected chi connectivity index (χ2v) is 8.64. The molecule has 0 saturated carbocycles. The number of methoxy groups -OCH3 is 2. The Labute approximate surface area is 190 Å². The maximum absolute atomic E-state index is 13.3. The summed E-state index contributed by atoms with van der Waals surface area (Å²) in [7, 11) is 3.08. The number of benzene rings is 1.